The van der Waals surface area contributed by atoms with Gasteiger partial charge in [0.15, 0.2) is 0 Å². The van der Waals surface area contributed by atoms with E-state index in [0.29, 0.717) is 30.8 Å². The molecule has 0 radical (unpaired) electrons. The molecule has 0 saturated carbocycles. The second kappa shape index (κ2) is 7.83. The molecule has 2 aromatic rings. The monoisotopic (exact) mass is 402 g/mol. The fourth-order valence-corrected chi connectivity index (χ4v) is 4.85. The van der Waals surface area contributed by atoms with Gasteiger partial charge in [-0.3, -0.25) is 4.79 Å². The molecule has 154 valence electrons. The van der Waals surface area contributed by atoms with Crippen LogP contribution in [0.15, 0.2) is 48.5 Å². The summed E-state index contributed by atoms with van der Waals surface area (Å²) >= 11 is 0. The number of amides is 3. The normalized spacial score (nSPS) is 22.5. The lowest BCUT2D eigenvalue weighted by Crippen LogP contribution is -2.42. The van der Waals surface area contributed by atoms with Crippen LogP contribution in [0.4, 0.5) is 4.79 Å². The lowest BCUT2D eigenvalue weighted by molar-refractivity contribution is 0.0766. The minimum absolute atomic E-state index is 0.0112. The number of hydrogen-bond donors (Lipinski definition) is 0. The van der Waals surface area contributed by atoms with E-state index in [2.05, 4.69) is 25.1 Å². The van der Waals surface area contributed by atoms with Crippen molar-refractivity contribution in [1.29, 1.82) is 5.26 Å². The molecule has 30 heavy (non-hydrogen) atoms. The van der Waals surface area contributed by atoms with E-state index in [1.807, 2.05) is 21.9 Å². The summed E-state index contributed by atoms with van der Waals surface area (Å²) in [5, 5.41) is 8.98. The molecule has 2 aromatic carbocycles. The topological polar surface area (TPSA) is 67.6 Å². The SMILES string of the molecule is Cc1ccccc1[C@H]1[C@@H]2CN(C(=O)c3ccc(C#N)cc3)C[C@@H]2CN1C(=O)N(C)C. The molecule has 0 N–H and O–H groups in total. The van der Waals surface area contributed by atoms with E-state index in [4.69, 9.17) is 5.26 Å². The van der Waals surface area contributed by atoms with Gasteiger partial charge in [0.25, 0.3) is 5.91 Å². The van der Waals surface area contributed by atoms with Crippen LogP contribution in [0.2, 0.25) is 0 Å². The first-order valence-corrected chi connectivity index (χ1v) is 10.2. The molecule has 0 spiro atoms. The van der Waals surface area contributed by atoms with Crippen molar-refractivity contribution < 1.29 is 9.59 Å². The van der Waals surface area contributed by atoms with Crippen LogP contribution in [0.1, 0.15) is 33.1 Å². The number of nitrogens with zero attached hydrogens (tertiary/aromatic N) is 4. The summed E-state index contributed by atoms with van der Waals surface area (Å²) in [4.78, 5) is 31.5. The lowest BCUT2D eigenvalue weighted by atomic mass is 9.88. The smallest absolute Gasteiger partial charge is 0.320 e. The third-order valence-electron chi connectivity index (χ3n) is 6.35. The first kappa shape index (κ1) is 20.0. The zero-order valence-corrected chi connectivity index (χ0v) is 17.6. The Hall–Kier alpha value is -3.33. The van der Waals surface area contributed by atoms with Gasteiger partial charge in [-0.15, -0.1) is 0 Å². The minimum Gasteiger partial charge on any atom is -0.338 e. The maximum absolute atomic E-state index is 13.1. The maximum Gasteiger partial charge on any atom is 0.320 e. The standard InChI is InChI=1S/C24H26N4O2/c1-16-6-4-5-7-20(16)22-21-15-27(13-19(21)14-28(22)24(30)26(2)3)23(29)18-10-8-17(12-25)9-11-18/h4-11,19,21-22H,13-15H2,1-3H3/t19-,21-,22+/m1/s1. The van der Waals surface area contributed by atoms with Crippen LogP contribution in [-0.4, -0.2) is 60.4 Å². The van der Waals surface area contributed by atoms with Gasteiger partial charge in [-0.2, -0.15) is 5.26 Å². The lowest BCUT2D eigenvalue weighted by Gasteiger charge is -2.32. The van der Waals surface area contributed by atoms with Gasteiger partial charge in [0, 0.05) is 51.1 Å². The van der Waals surface area contributed by atoms with Crippen LogP contribution in [0, 0.1) is 30.1 Å². The van der Waals surface area contributed by atoms with E-state index in [1.54, 1.807) is 43.3 Å². The second-order valence-electron chi connectivity index (χ2n) is 8.45. The number of carbonyl (C=O) groups excluding carboxylic acids is 2. The van der Waals surface area contributed by atoms with Crippen LogP contribution in [0.3, 0.4) is 0 Å². The molecule has 2 saturated heterocycles. The van der Waals surface area contributed by atoms with Crippen molar-refractivity contribution in [2.24, 2.45) is 11.8 Å². The third kappa shape index (κ3) is 3.41. The number of fused-ring (bicyclic) bond motifs is 1. The molecule has 0 aliphatic carbocycles. The molecular formula is C24H26N4O2. The molecule has 2 fully saturated rings. The van der Waals surface area contributed by atoms with Crippen LogP contribution in [0.5, 0.6) is 0 Å². The molecule has 0 aromatic heterocycles. The van der Waals surface area contributed by atoms with E-state index in [9.17, 15) is 9.59 Å². The highest BCUT2D eigenvalue weighted by atomic mass is 16.2. The molecule has 2 heterocycles. The summed E-state index contributed by atoms with van der Waals surface area (Å²) in [6.45, 7) is 4.00. The van der Waals surface area contributed by atoms with Crippen LogP contribution in [0.25, 0.3) is 0 Å². The Morgan fingerprint density at radius 3 is 2.37 bits per heavy atom. The van der Waals surface area contributed by atoms with Gasteiger partial charge >= 0.3 is 6.03 Å². The van der Waals surface area contributed by atoms with E-state index in [0.717, 1.165) is 11.1 Å². The largest absolute Gasteiger partial charge is 0.338 e. The minimum atomic E-state index is -0.0372. The highest BCUT2D eigenvalue weighted by Crippen LogP contribution is 2.46. The molecular weight excluding hydrogens is 376 g/mol. The van der Waals surface area contributed by atoms with E-state index in [-0.39, 0.29) is 29.8 Å². The van der Waals surface area contributed by atoms with E-state index < -0.39 is 0 Å². The first-order chi connectivity index (χ1) is 14.4. The molecule has 6 nitrogen and oxygen atoms in total. The Balaban J connectivity index is 1.61. The Kier molecular flexibility index (Phi) is 5.21. The number of urea groups is 1. The summed E-state index contributed by atoms with van der Waals surface area (Å²) in [6, 6.07) is 17.1. The number of nitriles is 1. The van der Waals surface area contributed by atoms with E-state index in [1.165, 1.54) is 0 Å². The van der Waals surface area contributed by atoms with Gasteiger partial charge in [0.05, 0.1) is 17.7 Å². The van der Waals surface area contributed by atoms with Crippen LogP contribution in [-0.2, 0) is 0 Å². The van der Waals surface area contributed by atoms with Gasteiger partial charge in [0.2, 0.25) is 0 Å². The number of benzene rings is 2. The Morgan fingerprint density at radius 2 is 1.73 bits per heavy atom. The van der Waals surface area contributed by atoms with Crippen molar-refractivity contribution in [2.45, 2.75) is 13.0 Å². The number of carbonyl (C=O) groups is 2. The quantitative estimate of drug-likeness (QED) is 0.774. The highest BCUT2D eigenvalue weighted by molar-refractivity contribution is 5.94. The molecule has 2 aliphatic heterocycles. The average Bonchev–Trinajstić information content (AvgIpc) is 3.31. The molecule has 2 aliphatic rings. The summed E-state index contributed by atoms with van der Waals surface area (Å²) < 4.78 is 0. The average molecular weight is 402 g/mol. The Labute approximate surface area is 177 Å². The maximum atomic E-state index is 13.1. The third-order valence-corrected chi connectivity index (χ3v) is 6.35. The molecule has 6 heteroatoms. The molecule has 0 bridgehead atoms. The van der Waals surface area contributed by atoms with Crippen molar-refractivity contribution in [3.05, 3.63) is 70.8 Å². The summed E-state index contributed by atoms with van der Waals surface area (Å²) in [6.07, 6.45) is 0. The molecule has 3 amide bonds. The zero-order chi connectivity index (χ0) is 21.4. The fraction of sp³-hybridized carbons (Fsp3) is 0.375. The predicted molar refractivity (Wildman–Crippen MR) is 114 cm³/mol. The summed E-state index contributed by atoms with van der Waals surface area (Å²) in [5.41, 5.74) is 3.47. The van der Waals surface area contributed by atoms with Crippen LogP contribution < -0.4 is 0 Å². The van der Waals surface area contributed by atoms with Gasteiger partial charge < -0.3 is 14.7 Å². The Morgan fingerprint density at radius 1 is 1.03 bits per heavy atom. The second-order valence-corrected chi connectivity index (χ2v) is 8.45. The van der Waals surface area contributed by atoms with Crippen molar-refractivity contribution in [1.82, 2.24) is 14.7 Å². The molecule has 0 unspecified atom stereocenters. The summed E-state index contributed by atoms with van der Waals surface area (Å²) in [5.74, 6) is 0.445. The zero-order valence-electron chi connectivity index (χ0n) is 17.6. The van der Waals surface area contributed by atoms with Crippen molar-refractivity contribution in [3.8, 4) is 6.07 Å². The van der Waals surface area contributed by atoms with Gasteiger partial charge in [0.1, 0.15) is 0 Å². The van der Waals surface area contributed by atoms with Crippen LogP contribution >= 0.6 is 0 Å². The summed E-state index contributed by atoms with van der Waals surface area (Å²) in [7, 11) is 3.57. The van der Waals surface area contributed by atoms with Gasteiger partial charge in [-0.05, 0) is 42.3 Å². The predicted octanol–water partition coefficient (Wildman–Crippen LogP) is 3.29. The molecule has 4 rings (SSSR count). The number of likely N-dealkylation sites (tertiary alicyclic amines) is 2. The van der Waals surface area contributed by atoms with Crippen molar-refractivity contribution >= 4 is 11.9 Å². The van der Waals surface area contributed by atoms with Gasteiger partial charge in [-0.25, -0.2) is 4.79 Å². The van der Waals surface area contributed by atoms with Gasteiger partial charge in [-0.1, -0.05) is 24.3 Å². The van der Waals surface area contributed by atoms with Crippen molar-refractivity contribution in [3.63, 3.8) is 0 Å². The van der Waals surface area contributed by atoms with Crippen molar-refractivity contribution in [2.75, 3.05) is 33.7 Å². The Bertz CT molecular complexity index is 1010. The van der Waals surface area contributed by atoms with E-state index >= 15 is 0 Å². The number of hydrogen-bond acceptors (Lipinski definition) is 3. The highest BCUT2D eigenvalue weighted by Gasteiger charge is 2.50. The molecule has 3 atom stereocenters. The first-order valence-electron chi connectivity index (χ1n) is 10.2. The fourth-order valence-electron chi connectivity index (χ4n) is 4.85. The number of rotatable bonds is 2. The number of aryl methyl sites for hydroxylation is 1.